The number of halogens is 2. The average molecular weight is 295 g/mol. The van der Waals surface area contributed by atoms with Gasteiger partial charge in [0.25, 0.3) is 0 Å². The topological polar surface area (TPSA) is 12.0 Å². The van der Waals surface area contributed by atoms with E-state index in [2.05, 4.69) is 19.2 Å². The fourth-order valence-corrected chi connectivity index (χ4v) is 2.95. The van der Waals surface area contributed by atoms with Crippen LogP contribution in [0.4, 0.5) is 8.78 Å². The maximum Gasteiger partial charge on any atom is 0.159 e. The van der Waals surface area contributed by atoms with Crippen molar-refractivity contribution in [2.75, 3.05) is 6.54 Å². The first-order valence-electron chi connectivity index (χ1n) is 8.26. The third-order valence-electron chi connectivity index (χ3n) is 4.72. The lowest BCUT2D eigenvalue weighted by molar-refractivity contribution is 0.228. The van der Waals surface area contributed by atoms with Gasteiger partial charge in [-0.15, -0.1) is 0 Å². The highest BCUT2D eigenvalue weighted by atomic mass is 19.2. The molecule has 1 aromatic carbocycles. The van der Waals surface area contributed by atoms with Crippen LogP contribution < -0.4 is 5.32 Å². The monoisotopic (exact) mass is 295 g/mol. The molecule has 1 aliphatic rings. The van der Waals surface area contributed by atoms with E-state index in [0.29, 0.717) is 6.04 Å². The molecule has 0 spiro atoms. The first kappa shape index (κ1) is 16.4. The van der Waals surface area contributed by atoms with Crippen molar-refractivity contribution >= 4 is 0 Å². The summed E-state index contributed by atoms with van der Waals surface area (Å²) in [6.07, 6.45) is 7.93. The Balaban J connectivity index is 2.09. The number of nitrogens with one attached hydrogen (secondary N) is 1. The lowest BCUT2D eigenvalue weighted by Crippen LogP contribution is -2.37. The first-order valence-corrected chi connectivity index (χ1v) is 8.26. The molecule has 1 aliphatic carbocycles. The summed E-state index contributed by atoms with van der Waals surface area (Å²) in [4.78, 5) is 0. The van der Waals surface area contributed by atoms with Crippen molar-refractivity contribution in [2.45, 2.75) is 64.8 Å². The van der Waals surface area contributed by atoms with E-state index in [4.69, 9.17) is 0 Å². The van der Waals surface area contributed by atoms with Gasteiger partial charge in [0.2, 0.25) is 0 Å². The summed E-state index contributed by atoms with van der Waals surface area (Å²) in [5, 5.41) is 3.64. The van der Waals surface area contributed by atoms with E-state index in [0.717, 1.165) is 31.4 Å². The van der Waals surface area contributed by atoms with E-state index >= 15 is 0 Å². The zero-order valence-electron chi connectivity index (χ0n) is 13.2. The molecule has 1 fully saturated rings. The van der Waals surface area contributed by atoms with Gasteiger partial charge in [-0.1, -0.05) is 32.8 Å². The van der Waals surface area contributed by atoms with E-state index < -0.39 is 11.6 Å². The summed E-state index contributed by atoms with van der Waals surface area (Å²) in [5.41, 5.74) is 1.06. The van der Waals surface area contributed by atoms with Crippen LogP contribution in [0.3, 0.4) is 0 Å². The van der Waals surface area contributed by atoms with Gasteiger partial charge in [-0.25, -0.2) is 8.78 Å². The van der Waals surface area contributed by atoms with Crippen molar-refractivity contribution in [1.29, 1.82) is 0 Å². The molecule has 0 aliphatic heterocycles. The zero-order valence-corrected chi connectivity index (χ0v) is 13.2. The van der Waals surface area contributed by atoms with Gasteiger partial charge < -0.3 is 5.32 Å². The van der Waals surface area contributed by atoms with Gasteiger partial charge in [0.15, 0.2) is 11.6 Å². The van der Waals surface area contributed by atoms with Crippen LogP contribution in [0.15, 0.2) is 18.2 Å². The molecule has 0 bridgehead atoms. The third kappa shape index (κ3) is 4.77. The summed E-state index contributed by atoms with van der Waals surface area (Å²) in [5.74, 6) is -1.49. The second-order valence-corrected chi connectivity index (χ2v) is 6.54. The Bertz CT molecular complexity index is 457. The van der Waals surface area contributed by atoms with Crippen LogP contribution in [0.5, 0.6) is 0 Å². The Morgan fingerprint density at radius 2 is 1.95 bits per heavy atom. The van der Waals surface area contributed by atoms with Crippen LogP contribution in [0, 0.1) is 17.0 Å². The lowest BCUT2D eigenvalue weighted by atomic mass is 9.75. The van der Waals surface area contributed by atoms with Crippen molar-refractivity contribution in [2.24, 2.45) is 5.41 Å². The van der Waals surface area contributed by atoms with E-state index in [9.17, 15) is 8.78 Å². The molecule has 1 aromatic rings. The summed E-state index contributed by atoms with van der Waals surface area (Å²) in [7, 11) is 0. The molecule has 21 heavy (non-hydrogen) atoms. The highest BCUT2D eigenvalue weighted by Gasteiger charge is 2.31. The van der Waals surface area contributed by atoms with Gasteiger partial charge in [0.05, 0.1) is 0 Å². The van der Waals surface area contributed by atoms with Crippen LogP contribution in [0.25, 0.3) is 0 Å². The predicted molar refractivity (Wildman–Crippen MR) is 83.3 cm³/mol. The third-order valence-corrected chi connectivity index (χ3v) is 4.72. The summed E-state index contributed by atoms with van der Waals surface area (Å²) in [6, 6.07) is 5.02. The van der Waals surface area contributed by atoms with Crippen molar-refractivity contribution in [1.82, 2.24) is 5.32 Å². The summed E-state index contributed by atoms with van der Waals surface area (Å²) >= 11 is 0. The van der Waals surface area contributed by atoms with Gasteiger partial charge in [0.1, 0.15) is 0 Å². The Morgan fingerprint density at radius 1 is 1.19 bits per heavy atom. The molecule has 0 aromatic heterocycles. The number of benzene rings is 1. The van der Waals surface area contributed by atoms with Gasteiger partial charge in [-0.2, -0.15) is 0 Å². The van der Waals surface area contributed by atoms with Crippen LogP contribution in [0.1, 0.15) is 57.9 Å². The van der Waals surface area contributed by atoms with Crippen molar-refractivity contribution in [3.63, 3.8) is 0 Å². The number of unbranched alkanes of at least 4 members (excludes halogenated alkanes) is 1. The highest BCUT2D eigenvalue weighted by molar-refractivity contribution is 5.19. The van der Waals surface area contributed by atoms with Gasteiger partial charge in [0, 0.05) is 12.6 Å². The molecule has 1 atom stereocenters. The summed E-state index contributed by atoms with van der Waals surface area (Å²) < 4.78 is 26.5. The molecule has 0 amide bonds. The van der Waals surface area contributed by atoms with Gasteiger partial charge in [-0.3, -0.25) is 0 Å². The second-order valence-electron chi connectivity index (χ2n) is 6.54. The summed E-state index contributed by atoms with van der Waals surface area (Å²) in [6.45, 7) is 5.39. The average Bonchev–Trinajstić information content (AvgIpc) is 3.30. The molecule has 1 saturated carbocycles. The fraction of sp³-hybridized carbons (Fsp3) is 0.667. The minimum Gasteiger partial charge on any atom is -0.313 e. The quantitative estimate of drug-likeness (QED) is 0.687. The van der Waals surface area contributed by atoms with E-state index in [-0.39, 0.29) is 5.41 Å². The van der Waals surface area contributed by atoms with Crippen molar-refractivity contribution in [3.05, 3.63) is 35.4 Å². The maximum atomic E-state index is 13.4. The molecule has 1 nitrogen and oxygen atoms in total. The first-order chi connectivity index (χ1) is 10.1. The SMILES string of the molecule is CCCCC(CC)(CNC1CC1)Cc1ccc(F)c(F)c1. The molecule has 0 heterocycles. The molecular weight excluding hydrogens is 268 g/mol. The largest absolute Gasteiger partial charge is 0.313 e. The van der Waals surface area contributed by atoms with Gasteiger partial charge in [-0.05, 0) is 55.2 Å². The Labute approximate surface area is 127 Å². The maximum absolute atomic E-state index is 13.4. The standard InChI is InChI=1S/C18H27F2N/c1-3-5-10-18(4-2,13-21-15-7-8-15)12-14-6-9-16(19)17(20)11-14/h6,9,11,15,21H,3-5,7-8,10,12-13H2,1-2H3. The minimum absolute atomic E-state index is 0.156. The molecular formula is C18H27F2N. The minimum atomic E-state index is -0.759. The molecule has 2 rings (SSSR count). The van der Waals surface area contributed by atoms with Crippen LogP contribution in [-0.2, 0) is 6.42 Å². The number of hydrogen-bond donors (Lipinski definition) is 1. The second kappa shape index (κ2) is 7.35. The fourth-order valence-electron chi connectivity index (χ4n) is 2.95. The van der Waals surface area contributed by atoms with Crippen molar-refractivity contribution in [3.8, 4) is 0 Å². The van der Waals surface area contributed by atoms with Crippen LogP contribution in [0.2, 0.25) is 0 Å². The smallest absolute Gasteiger partial charge is 0.159 e. The molecule has 0 saturated heterocycles. The number of hydrogen-bond acceptors (Lipinski definition) is 1. The molecule has 0 radical (unpaired) electrons. The van der Waals surface area contributed by atoms with E-state index in [1.54, 1.807) is 6.07 Å². The Hall–Kier alpha value is -0.960. The number of rotatable bonds is 9. The Morgan fingerprint density at radius 3 is 2.52 bits per heavy atom. The highest BCUT2D eigenvalue weighted by Crippen LogP contribution is 2.34. The van der Waals surface area contributed by atoms with Crippen molar-refractivity contribution < 1.29 is 8.78 Å². The zero-order chi connectivity index (χ0) is 15.3. The Kier molecular flexibility index (Phi) is 5.74. The normalized spacial score (nSPS) is 17.7. The molecule has 118 valence electrons. The predicted octanol–water partition coefficient (Wildman–Crippen LogP) is 4.85. The molecule has 1 unspecified atom stereocenters. The van der Waals surface area contributed by atoms with Crippen LogP contribution >= 0.6 is 0 Å². The van der Waals surface area contributed by atoms with Crippen LogP contribution in [-0.4, -0.2) is 12.6 Å². The molecule has 3 heteroatoms. The van der Waals surface area contributed by atoms with Gasteiger partial charge >= 0.3 is 0 Å². The van der Waals surface area contributed by atoms with E-state index in [1.807, 2.05) is 0 Å². The molecule has 1 N–H and O–H groups in total. The van der Waals surface area contributed by atoms with E-state index in [1.165, 1.54) is 37.8 Å². The lowest BCUT2D eigenvalue weighted by Gasteiger charge is -2.34.